The van der Waals surface area contributed by atoms with E-state index in [0.29, 0.717) is 17.4 Å². The minimum Gasteiger partial charge on any atom is -0.484 e. The second-order valence-electron chi connectivity index (χ2n) is 5.07. The molecule has 1 aliphatic heterocycles. The summed E-state index contributed by atoms with van der Waals surface area (Å²) >= 11 is 0. The number of piperidine rings is 1. The normalized spacial score (nSPS) is 18.4. The highest BCUT2D eigenvalue weighted by molar-refractivity contribution is 5.78. The lowest BCUT2D eigenvalue weighted by atomic mass is 10.00. The number of ether oxygens (including phenoxy) is 1. The summed E-state index contributed by atoms with van der Waals surface area (Å²) in [4.78, 5) is 14.2. The molecule has 1 aliphatic rings. The Morgan fingerprint density at radius 3 is 2.80 bits per heavy atom. The van der Waals surface area contributed by atoms with Crippen LogP contribution in [0.5, 0.6) is 5.75 Å². The molecule has 20 heavy (non-hydrogen) atoms. The lowest BCUT2D eigenvalue weighted by Crippen LogP contribution is -2.45. The zero-order chi connectivity index (χ0) is 14.4. The quantitative estimate of drug-likeness (QED) is 0.846. The van der Waals surface area contributed by atoms with Crippen LogP contribution in [0.15, 0.2) is 24.3 Å². The number of rotatable bonds is 4. The van der Waals surface area contributed by atoms with Crippen LogP contribution in [0.4, 0.5) is 0 Å². The van der Waals surface area contributed by atoms with Gasteiger partial charge in [-0.3, -0.25) is 4.79 Å². The van der Waals surface area contributed by atoms with Crippen molar-refractivity contribution in [1.29, 1.82) is 5.26 Å². The van der Waals surface area contributed by atoms with Crippen LogP contribution in [-0.4, -0.2) is 30.0 Å². The van der Waals surface area contributed by atoms with Crippen molar-refractivity contribution >= 4 is 5.91 Å². The van der Waals surface area contributed by atoms with Crippen LogP contribution in [0.3, 0.4) is 0 Å². The molecule has 1 aromatic carbocycles. The van der Waals surface area contributed by atoms with E-state index in [-0.39, 0.29) is 12.5 Å². The van der Waals surface area contributed by atoms with E-state index in [9.17, 15) is 4.79 Å². The molecule has 1 saturated heterocycles. The summed E-state index contributed by atoms with van der Waals surface area (Å²) in [5, 5.41) is 8.72. The van der Waals surface area contributed by atoms with Gasteiger partial charge in [0.2, 0.25) is 0 Å². The zero-order valence-electron chi connectivity index (χ0n) is 11.8. The third-order valence-electron chi connectivity index (χ3n) is 3.76. The highest BCUT2D eigenvalue weighted by Gasteiger charge is 2.25. The van der Waals surface area contributed by atoms with Crippen molar-refractivity contribution in [2.45, 2.75) is 38.6 Å². The van der Waals surface area contributed by atoms with Crippen LogP contribution < -0.4 is 4.74 Å². The fourth-order valence-electron chi connectivity index (χ4n) is 2.61. The minimum atomic E-state index is 0.0564. The SMILES string of the molecule is CC[C@H]1CCCCN1C(=O)COc1ccc(C#N)cc1. The van der Waals surface area contributed by atoms with Crippen LogP contribution >= 0.6 is 0 Å². The molecule has 0 aliphatic carbocycles. The number of benzene rings is 1. The first kappa shape index (κ1) is 14.4. The highest BCUT2D eigenvalue weighted by Crippen LogP contribution is 2.20. The molecule has 0 unspecified atom stereocenters. The molecule has 0 radical (unpaired) electrons. The Morgan fingerprint density at radius 1 is 1.40 bits per heavy atom. The van der Waals surface area contributed by atoms with Gasteiger partial charge in [0.15, 0.2) is 6.61 Å². The molecule has 1 aromatic rings. The van der Waals surface area contributed by atoms with E-state index in [1.54, 1.807) is 24.3 Å². The predicted molar refractivity (Wildman–Crippen MR) is 76.3 cm³/mol. The molecule has 0 spiro atoms. The molecule has 0 N–H and O–H groups in total. The Hall–Kier alpha value is -2.02. The molecular weight excluding hydrogens is 252 g/mol. The van der Waals surface area contributed by atoms with Gasteiger partial charge in [0.25, 0.3) is 5.91 Å². The van der Waals surface area contributed by atoms with Gasteiger partial charge in [0.05, 0.1) is 11.6 Å². The van der Waals surface area contributed by atoms with E-state index in [1.807, 2.05) is 4.90 Å². The van der Waals surface area contributed by atoms with Crippen molar-refractivity contribution in [3.63, 3.8) is 0 Å². The summed E-state index contributed by atoms with van der Waals surface area (Å²) in [6, 6.07) is 9.24. The summed E-state index contributed by atoms with van der Waals surface area (Å²) in [6.45, 7) is 3.04. The van der Waals surface area contributed by atoms with Gasteiger partial charge in [-0.1, -0.05) is 6.92 Å². The lowest BCUT2D eigenvalue weighted by molar-refractivity contribution is -0.137. The van der Waals surface area contributed by atoms with Crippen LogP contribution in [-0.2, 0) is 4.79 Å². The van der Waals surface area contributed by atoms with Crippen molar-refractivity contribution < 1.29 is 9.53 Å². The maximum atomic E-state index is 12.2. The summed E-state index contributed by atoms with van der Waals surface area (Å²) in [6.07, 6.45) is 4.39. The van der Waals surface area contributed by atoms with E-state index < -0.39 is 0 Å². The Labute approximate surface area is 120 Å². The predicted octanol–water partition coefficient (Wildman–Crippen LogP) is 2.73. The second-order valence-corrected chi connectivity index (χ2v) is 5.07. The van der Waals surface area contributed by atoms with Crippen LogP contribution in [0, 0.1) is 11.3 Å². The number of amides is 1. The molecule has 1 atom stereocenters. The smallest absolute Gasteiger partial charge is 0.260 e. The fraction of sp³-hybridized carbons (Fsp3) is 0.500. The molecule has 4 nitrogen and oxygen atoms in total. The topological polar surface area (TPSA) is 53.3 Å². The van der Waals surface area contributed by atoms with Gasteiger partial charge in [-0.05, 0) is 49.9 Å². The largest absolute Gasteiger partial charge is 0.484 e. The number of hydrogen-bond acceptors (Lipinski definition) is 3. The molecule has 1 heterocycles. The van der Waals surface area contributed by atoms with Gasteiger partial charge in [-0.2, -0.15) is 5.26 Å². The molecule has 1 fully saturated rings. The minimum absolute atomic E-state index is 0.0564. The van der Waals surface area contributed by atoms with E-state index in [4.69, 9.17) is 10.00 Å². The van der Waals surface area contributed by atoms with Crippen molar-refractivity contribution in [2.75, 3.05) is 13.2 Å². The van der Waals surface area contributed by atoms with Gasteiger partial charge in [-0.15, -0.1) is 0 Å². The number of nitriles is 1. The summed E-state index contributed by atoms with van der Waals surface area (Å²) in [5.74, 6) is 0.684. The molecular formula is C16H20N2O2. The fourth-order valence-corrected chi connectivity index (χ4v) is 2.61. The molecule has 106 valence electrons. The first-order chi connectivity index (χ1) is 9.74. The molecule has 1 amide bonds. The molecule has 0 bridgehead atoms. The Bertz CT molecular complexity index is 490. The molecule has 2 rings (SSSR count). The van der Waals surface area contributed by atoms with Crippen molar-refractivity contribution in [3.8, 4) is 11.8 Å². The number of hydrogen-bond donors (Lipinski definition) is 0. The number of likely N-dealkylation sites (tertiary alicyclic amines) is 1. The summed E-state index contributed by atoms with van der Waals surface area (Å²) < 4.78 is 5.51. The van der Waals surface area contributed by atoms with Crippen molar-refractivity contribution in [2.24, 2.45) is 0 Å². The van der Waals surface area contributed by atoms with Crippen molar-refractivity contribution in [1.82, 2.24) is 4.90 Å². The Morgan fingerprint density at radius 2 is 2.15 bits per heavy atom. The number of nitrogens with zero attached hydrogens (tertiary/aromatic N) is 2. The Kier molecular flexibility index (Phi) is 5.00. The maximum absolute atomic E-state index is 12.2. The zero-order valence-corrected chi connectivity index (χ0v) is 11.8. The monoisotopic (exact) mass is 272 g/mol. The Balaban J connectivity index is 1.89. The first-order valence-corrected chi connectivity index (χ1v) is 7.17. The van der Waals surface area contributed by atoms with Gasteiger partial charge < -0.3 is 9.64 Å². The van der Waals surface area contributed by atoms with E-state index in [1.165, 1.54) is 6.42 Å². The number of carbonyl (C=O) groups excluding carboxylic acids is 1. The molecule has 0 saturated carbocycles. The molecule has 4 heteroatoms. The van der Waals surface area contributed by atoms with Gasteiger partial charge >= 0.3 is 0 Å². The number of carbonyl (C=O) groups is 1. The molecule has 0 aromatic heterocycles. The van der Waals surface area contributed by atoms with Gasteiger partial charge in [-0.25, -0.2) is 0 Å². The average Bonchev–Trinajstić information content (AvgIpc) is 2.53. The standard InChI is InChI=1S/C16H20N2O2/c1-2-14-5-3-4-10-18(14)16(19)12-20-15-8-6-13(11-17)7-9-15/h6-9,14H,2-5,10,12H2,1H3/t14-/m0/s1. The van der Waals surface area contributed by atoms with Gasteiger partial charge in [0, 0.05) is 12.6 Å². The van der Waals surface area contributed by atoms with E-state index in [2.05, 4.69) is 13.0 Å². The third-order valence-corrected chi connectivity index (χ3v) is 3.76. The van der Waals surface area contributed by atoms with Crippen LogP contribution in [0.2, 0.25) is 0 Å². The first-order valence-electron chi connectivity index (χ1n) is 7.17. The van der Waals surface area contributed by atoms with Crippen molar-refractivity contribution in [3.05, 3.63) is 29.8 Å². The van der Waals surface area contributed by atoms with Gasteiger partial charge in [0.1, 0.15) is 5.75 Å². The second kappa shape index (κ2) is 6.95. The summed E-state index contributed by atoms with van der Waals surface area (Å²) in [5.41, 5.74) is 0.589. The maximum Gasteiger partial charge on any atom is 0.260 e. The average molecular weight is 272 g/mol. The third kappa shape index (κ3) is 3.51. The summed E-state index contributed by atoms with van der Waals surface area (Å²) in [7, 11) is 0. The van der Waals surface area contributed by atoms with E-state index >= 15 is 0 Å². The highest BCUT2D eigenvalue weighted by atomic mass is 16.5. The van der Waals surface area contributed by atoms with Crippen LogP contribution in [0.25, 0.3) is 0 Å². The van der Waals surface area contributed by atoms with Crippen LogP contribution in [0.1, 0.15) is 38.2 Å². The van der Waals surface area contributed by atoms with E-state index in [0.717, 1.165) is 25.8 Å². The lowest BCUT2D eigenvalue weighted by Gasteiger charge is -2.35.